The van der Waals surface area contributed by atoms with Crippen LogP contribution in [0.25, 0.3) is 0 Å². The van der Waals surface area contributed by atoms with Crippen LogP contribution in [0, 0.1) is 5.92 Å². The predicted octanol–water partition coefficient (Wildman–Crippen LogP) is 2.23. The molecule has 3 heteroatoms. The molecule has 0 amide bonds. The second-order valence-corrected chi connectivity index (χ2v) is 4.13. The Bertz CT molecular complexity index is 324. The van der Waals surface area contributed by atoms with E-state index >= 15 is 0 Å². The number of carboxylic acid groups (broad SMARTS) is 1. The average Bonchev–Trinajstić information content (AvgIpc) is 2.27. The van der Waals surface area contributed by atoms with Crippen molar-refractivity contribution in [2.24, 2.45) is 5.92 Å². The first-order valence-electron chi connectivity index (χ1n) is 5.58. The van der Waals surface area contributed by atoms with E-state index in [-0.39, 0.29) is 5.92 Å². The fourth-order valence-corrected chi connectivity index (χ4v) is 1.72. The van der Waals surface area contributed by atoms with Crippen molar-refractivity contribution in [1.29, 1.82) is 0 Å². The Hall–Kier alpha value is -1.35. The summed E-state index contributed by atoms with van der Waals surface area (Å²) < 4.78 is 0. The zero-order valence-corrected chi connectivity index (χ0v) is 9.89. The quantitative estimate of drug-likeness (QED) is 0.800. The van der Waals surface area contributed by atoms with E-state index in [2.05, 4.69) is 17.0 Å². The van der Waals surface area contributed by atoms with Gasteiger partial charge >= 0.3 is 5.97 Å². The largest absolute Gasteiger partial charge is 0.481 e. The third-order valence-electron chi connectivity index (χ3n) is 2.67. The number of hydrogen-bond donors (Lipinski definition) is 1. The van der Waals surface area contributed by atoms with Crippen molar-refractivity contribution in [3.05, 3.63) is 35.9 Å². The van der Waals surface area contributed by atoms with Crippen LogP contribution >= 0.6 is 0 Å². The van der Waals surface area contributed by atoms with Gasteiger partial charge in [0.15, 0.2) is 0 Å². The number of benzene rings is 1. The summed E-state index contributed by atoms with van der Waals surface area (Å²) in [5.74, 6) is -0.976. The molecule has 0 aliphatic heterocycles. The summed E-state index contributed by atoms with van der Waals surface area (Å²) in [6, 6.07) is 10.1. The number of carboxylic acids is 1. The highest BCUT2D eigenvalue weighted by Gasteiger charge is 2.16. The van der Waals surface area contributed by atoms with E-state index in [1.165, 1.54) is 5.56 Å². The molecule has 0 aliphatic rings. The summed E-state index contributed by atoms with van der Waals surface area (Å²) in [6.45, 7) is 3.31. The zero-order chi connectivity index (χ0) is 12.0. The molecule has 0 heterocycles. The Morgan fingerprint density at radius 1 is 1.38 bits per heavy atom. The summed E-state index contributed by atoms with van der Waals surface area (Å²) in [6.07, 6.45) is 0.675. The van der Waals surface area contributed by atoms with Gasteiger partial charge in [-0.1, -0.05) is 37.3 Å². The topological polar surface area (TPSA) is 40.5 Å². The molecule has 0 saturated carbocycles. The van der Waals surface area contributed by atoms with E-state index in [1.54, 1.807) is 0 Å². The molecule has 0 aliphatic carbocycles. The van der Waals surface area contributed by atoms with Crippen molar-refractivity contribution in [2.45, 2.75) is 19.9 Å². The van der Waals surface area contributed by atoms with Gasteiger partial charge in [0.2, 0.25) is 0 Å². The molecule has 88 valence electrons. The van der Waals surface area contributed by atoms with Crippen LogP contribution in [0.4, 0.5) is 0 Å². The molecular weight excluding hydrogens is 202 g/mol. The first-order chi connectivity index (χ1) is 7.63. The summed E-state index contributed by atoms with van der Waals surface area (Å²) in [5, 5.41) is 8.96. The monoisotopic (exact) mass is 221 g/mol. The van der Waals surface area contributed by atoms with Gasteiger partial charge < -0.3 is 10.0 Å². The van der Waals surface area contributed by atoms with Crippen LogP contribution in [-0.4, -0.2) is 29.6 Å². The van der Waals surface area contributed by atoms with Crippen LogP contribution < -0.4 is 0 Å². The lowest BCUT2D eigenvalue weighted by Gasteiger charge is -2.20. The molecule has 0 fully saturated rings. The minimum Gasteiger partial charge on any atom is -0.481 e. The van der Waals surface area contributed by atoms with Gasteiger partial charge in [0, 0.05) is 13.1 Å². The predicted molar refractivity (Wildman–Crippen MR) is 64.2 cm³/mol. The molecule has 0 aromatic heterocycles. The van der Waals surface area contributed by atoms with E-state index in [4.69, 9.17) is 5.11 Å². The molecule has 0 bridgehead atoms. The molecule has 0 saturated heterocycles. The van der Waals surface area contributed by atoms with Gasteiger partial charge in [-0.25, -0.2) is 0 Å². The number of rotatable bonds is 6. The minimum absolute atomic E-state index is 0.270. The maximum Gasteiger partial charge on any atom is 0.307 e. The zero-order valence-electron chi connectivity index (χ0n) is 9.89. The Labute approximate surface area is 96.7 Å². The third kappa shape index (κ3) is 4.03. The lowest BCUT2D eigenvalue weighted by atomic mass is 10.1. The summed E-state index contributed by atoms with van der Waals surface area (Å²) >= 11 is 0. The standard InChI is InChI=1S/C13H19NO2/c1-3-12(13(15)16)10-14(2)9-11-7-5-4-6-8-11/h4-8,12H,3,9-10H2,1-2H3,(H,15,16). The Morgan fingerprint density at radius 2 is 2.00 bits per heavy atom. The van der Waals surface area contributed by atoms with Gasteiger partial charge in [0.25, 0.3) is 0 Å². The lowest BCUT2D eigenvalue weighted by Crippen LogP contribution is -2.29. The van der Waals surface area contributed by atoms with Crippen molar-refractivity contribution in [2.75, 3.05) is 13.6 Å². The van der Waals surface area contributed by atoms with Gasteiger partial charge in [-0.15, -0.1) is 0 Å². The van der Waals surface area contributed by atoms with Crippen molar-refractivity contribution in [3.8, 4) is 0 Å². The van der Waals surface area contributed by atoms with Gasteiger partial charge in [0.1, 0.15) is 0 Å². The fraction of sp³-hybridized carbons (Fsp3) is 0.462. The first kappa shape index (κ1) is 12.7. The number of hydrogen-bond acceptors (Lipinski definition) is 2. The van der Waals surface area contributed by atoms with E-state index in [0.717, 1.165) is 6.54 Å². The second-order valence-electron chi connectivity index (χ2n) is 4.13. The van der Waals surface area contributed by atoms with Crippen molar-refractivity contribution >= 4 is 5.97 Å². The molecule has 0 radical (unpaired) electrons. The molecule has 1 aromatic rings. The molecular formula is C13H19NO2. The molecule has 0 spiro atoms. The van der Waals surface area contributed by atoms with Gasteiger partial charge in [-0.3, -0.25) is 4.79 Å². The third-order valence-corrected chi connectivity index (χ3v) is 2.67. The van der Waals surface area contributed by atoms with E-state index in [9.17, 15) is 4.79 Å². The van der Waals surface area contributed by atoms with Crippen LogP contribution in [0.2, 0.25) is 0 Å². The summed E-state index contributed by atoms with van der Waals surface area (Å²) in [5.41, 5.74) is 1.21. The molecule has 3 nitrogen and oxygen atoms in total. The van der Waals surface area contributed by atoms with Crippen LogP contribution in [0.5, 0.6) is 0 Å². The Balaban J connectivity index is 2.47. The molecule has 1 N–H and O–H groups in total. The first-order valence-corrected chi connectivity index (χ1v) is 5.58. The summed E-state index contributed by atoms with van der Waals surface area (Å²) in [4.78, 5) is 12.9. The van der Waals surface area contributed by atoms with Gasteiger partial charge in [-0.05, 0) is 19.0 Å². The smallest absolute Gasteiger partial charge is 0.307 e. The number of nitrogens with zero attached hydrogens (tertiary/aromatic N) is 1. The second kappa shape index (κ2) is 6.28. The Kier molecular flexibility index (Phi) is 4.99. The van der Waals surface area contributed by atoms with Crippen molar-refractivity contribution in [1.82, 2.24) is 4.90 Å². The SMILES string of the molecule is CCC(CN(C)Cc1ccccc1)C(=O)O. The number of carbonyl (C=O) groups is 1. The molecule has 16 heavy (non-hydrogen) atoms. The molecule has 1 aromatic carbocycles. The maximum atomic E-state index is 10.9. The van der Waals surface area contributed by atoms with E-state index < -0.39 is 5.97 Å². The molecule has 1 rings (SSSR count). The van der Waals surface area contributed by atoms with E-state index in [0.29, 0.717) is 13.0 Å². The average molecular weight is 221 g/mol. The van der Waals surface area contributed by atoms with Crippen LogP contribution in [0.1, 0.15) is 18.9 Å². The van der Waals surface area contributed by atoms with E-state index in [1.807, 2.05) is 32.2 Å². The normalized spacial score (nSPS) is 12.7. The lowest BCUT2D eigenvalue weighted by molar-refractivity contribution is -0.142. The van der Waals surface area contributed by atoms with Crippen LogP contribution in [0.15, 0.2) is 30.3 Å². The van der Waals surface area contributed by atoms with Crippen LogP contribution in [-0.2, 0) is 11.3 Å². The van der Waals surface area contributed by atoms with Crippen LogP contribution in [0.3, 0.4) is 0 Å². The maximum absolute atomic E-state index is 10.9. The number of aliphatic carboxylic acids is 1. The Morgan fingerprint density at radius 3 is 2.50 bits per heavy atom. The minimum atomic E-state index is -0.706. The van der Waals surface area contributed by atoms with Gasteiger partial charge in [0.05, 0.1) is 5.92 Å². The highest BCUT2D eigenvalue weighted by molar-refractivity contribution is 5.70. The van der Waals surface area contributed by atoms with Gasteiger partial charge in [-0.2, -0.15) is 0 Å². The highest BCUT2D eigenvalue weighted by Crippen LogP contribution is 2.08. The molecule has 1 unspecified atom stereocenters. The highest BCUT2D eigenvalue weighted by atomic mass is 16.4. The summed E-state index contributed by atoms with van der Waals surface area (Å²) in [7, 11) is 1.96. The molecule has 1 atom stereocenters. The van der Waals surface area contributed by atoms with Crippen molar-refractivity contribution in [3.63, 3.8) is 0 Å². The fourth-order valence-electron chi connectivity index (χ4n) is 1.72. The van der Waals surface area contributed by atoms with Crippen molar-refractivity contribution < 1.29 is 9.90 Å².